The molecule has 3 rings (SSSR count). The maximum absolute atomic E-state index is 13.1. The molecule has 12 heteroatoms. The molecule has 2 aromatic carbocycles. The number of nitrogens with one attached hydrogen (secondary N) is 1. The van der Waals surface area contributed by atoms with Crippen molar-refractivity contribution in [1.82, 2.24) is 19.7 Å². The Morgan fingerprint density at radius 2 is 1.69 bits per heavy atom. The summed E-state index contributed by atoms with van der Waals surface area (Å²) in [6.45, 7) is -0.435. The van der Waals surface area contributed by atoms with Gasteiger partial charge in [0.15, 0.2) is 5.82 Å². The summed E-state index contributed by atoms with van der Waals surface area (Å²) < 4.78 is 79.9. The van der Waals surface area contributed by atoms with Crippen LogP contribution in [0.3, 0.4) is 0 Å². The number of benzene rings is 2. The second-order valence-corrected chi connectivity index (χ2v) is 6.77. The molecule has 32 heavy (non-hydrogen) atoms. The second kappa shape index (κ2) is 8.52. The highest BCUT2D eigenvalue weighted by molar-refractivity contribution is 5.95. The van der Waals surface area contributed by atoms with E-state index in [1.165, 1.54) is 25.2 Å². The summed E-state index contributed by atoms with van der Waals surface area (Å²) in [4.78, 5) is 24.5. The zero-order valence-corrected chi connectivity index (χ0v) is 16.5. The average Bonchev–Trinajstić information content (AvgIpc) is 3.01. The largest absolute Gasteiger partial charge is 0.417 e. The van der Waals surface area contributed by atoms with Gasteiger partial charge in [-0.25, -0.2) is 9.48 Å². The standard InChI is InChI=1S/C20H16F6N4O2/c1-29-16(12-5-4-6-13(11-12)19(21,22)23)28-30(18(29)32)10-9-27-17(31)14-7-2-3-8-15(14)20(24,25)26/h2-8,11H,9-10H2,1H3,(H,27,31). The van der Waals surface area contributed by atoms with Crippen molar-refractivity contribution in [2.45, 2.75) is 18.9 Å². The van der Waals surface area contributed by atoms with Gasteiger partial charge in [-0.1, -0.05) is 24.3 Å². The molecule has 0 aliphatic carbocycles. The van der Waals surface area contributed by atoms with Crippen LogP contribution in [-0.4, -0.2) is 26.8 Å². The molecule has 0 aliphatic rings. The van der Waals surface area contributed by atoms with Gasteiger partial charge in [0.05, 0.1) is 23.2 Å². The Balaban J connectivity index is 1.76. The van der Waals surface area contributed by atoms with E-state index in [9.17, 15) is 35.9 Å². The lowest BCUT2D eigenvalue weighted by molar-refractivity contribution is -0.138. The van der Waals surface area contributed by atoms with Gasteiger partial charge in [0.1, 0.15) is 0 Å². The summed E-state index contributed by atoms with van der Waals surface area (Å²) in [5.74, 6) is -1.02. The molecule has 1 heterocycles. The molecular weight excluding hydrogens is 442 g/mol. The number of rotatable bonds is 5. The molecule has 0 saturated heterocycles. The number of carbonyl (C=O) groups is 1. The quantitative estimate of drug-likeness (QED) is 0.593. The van der Waals surface area contributed by atoms with E-state index in [2.05, 4.69) is 10.4 Å². The Hall–Kier alpha value is -3.57. The highest BCUT2D eigenvalue weighted by Crippen LogP contribution is 2.32. The molecule has 0 radical (unpaired) electrons. The van der Waals surface area contributed by atoms with E-state index < -0.39 is 40.6 Å². The number of aromatic nitrogens is 3. The third-order valence-electron chi connectivity index (χ3n) is 4.58. The van der Waals surface area contributed by atoms with Crippen LogP contribution in [-0.2, 0) is 25.9 Å². The summed E-state index contributed by atoms with van der Waals surface area (Å²) in [7, 11) is 1.32. The lowest BCUT2D eigenvalue weighted by atomic mass is 10.1. The topological polar surface area (TPSA) is 68.9 Å². The van der Waals surface area contributed by atoms with Gasteiger partial charge in [-0.05, 0) is 24.3 Å². The summed E-state index contributed by atoms with van der Waals surface area (Å²) in [5.41, 5.74) is -3.19. The zero-order valence-electron chi connectivity index (χ0n) is 16.5. The molecule has 0 aliphatic heterocycles. The molecule has 1 N–H and O–H groups in total. The van der Waals surface area contributed by atoms with Crippen molar-refractivity contribution >= 4 is 5.91 Å². The van der Waals surface area contributed by atoms with Crippen LogP contribution in [0.25, 0.3) is 11.4 Å². The molecule has 170 valence electrons. The third kappa shape index (κ3) is 4.84. The van der Waals surface area contributed by atoms with Crippen molar-refractivity contribution in [2.75, 3.05) is 6.54 Å². The van der Waals surface area contributed by atoms with Crippen molar-refractivity contribution in [3.8, 4) is 11.4 Å². The van der Waals surface area contributed by atoms with Gasteiger partial charge in [0, 0.05) is 19.2 Å². The summed E-state index contributed by atoms with van der Waals surface area (Å²) in [6.07, 6.45) is -9.29. The second-order valence-electron chi connectivity index (χ2n) is 6.77. The summed E-state index contributed by atoms with van der Waals surface area (Å²) >= 11 is 0. The smallest absolute Gasteiger partial charge is 0.350 e. The molecule has 0 spiro atoms. The van der Waals surface area contributed by atoms with Gasteiger partial charge in [-0.3, -0.25) is 9.36 Å². The Morgan fingerprint density at radius 1 is 1.00 bits per heavy atom. The maximum atomic E-state index is 13.1. The molecule has 0 atom stereocenters. The fourth-order valence-corrected chi connectivity index (χ4v) is 3.02. The van der Waals surface area contributed by atoms with Gasteiger partial charge in [0.2, 0.25) is 0 Å². The SMILES string of the molecule is Cn1c(-c2cccc(C(F)(F)F)c2)nn(CCNC(=O)c2ccccc2C(F)(F)F)c1=O. The van der Waals surface area contributed by atoms with Gasteiger partial charge in [-0.2, -0.15) is 26.3 Å². The lowest BCUT2D eigenvalue weighted by Gasteiger charge is -2.12. The summed E-state index contributed by atoms with van der Waals surface area (Å²) in [5, 5.41) is 6.29. The minimum Gasteiger partial charge on any atom is -0.350 e. The average molecular weight is 458 g/mol. The van der Waals surface area contributed by atoms with Gasteiger partial charge < -0.3 is 5.32 Å². The summed E-state index contributed by atoms with van der Waals surface area (Å²) in [6, 6.07) is 8.51. The number of halogens is 6. The van der Waals surface area contributed by atoms with Gasteiger partial charge in [0.25, 0.3) is 5.91 Å². The van der Waals surface area contributed by atoms with E-state index in [1.54, 1.807) is 0 Å². The minimum atomic E-state index is -4.72. The van der Waals surface area contributed by atoms with Crippen molar-refractivity contribution in [3.63, 3.8) is 0 Å². The predicted octanol–water partition coefficient (Wildman–Crippen LogP) is 3.72. The van der Waals surface area contributed by atoms with Crippen LogP contribution in [0.15, 0.2) is 53.3 Å². The van der Waals surface area contributed by atoms with Crippen LogP contribution >= 0.6 is 0 Å². The first-order valence-corrected chi connectivity index (χ1v) is 9.15. The number of nitrogens with zero attached hydrogens (tertiary/aromatic N) is 3. The monoisotopic (exact) mass is 458 g/mol. The third-order valence-corrected chi connectivity index (χ3v) is 4.58. The van der Waals surface area contributed by atoms with Crippen molar-refractivity contribution < 1.29 is 31.1 Å². The Morgan fingerprint density at radius 3 is 2.34 bits per heavy atom. The first-order valence-electron chi connectivity index (χ1n) is 9.15. The van der Waals surface area contributed by atoms with Crippen molar-refractivity contribution in [1.29, 1.82) is 0 Å². The van der Waals surface area contributed by atoms with Crippen molar-refractivity contribution in [2.24, 2.45) is 7.05 Å². The first kappa shape index (κ1) is 23.1. The van der Waals surface area contributed by atoms with E-state index >= 15 is 0 Å². The number of carbonyl (C=O) groups excluding carboxylic acids is 1. The molecule has 0 unspecified atom stereocenters. The highest BCUT2D eigenvalue weighted by atomic mass is 19.4. The Bertz CT molecular complexity index is 1190. The molecule has 6 nitrogen and oxygen atoms in total. The van der Waals surface area contributed by atoms with Crippen LogP contribution in [0.5, 0.6) is 0 Å². The number of alkyl halides is 6. The number of hydrogen-bond donors (Lipinski definition) is 1. The first-order chi connectivity index (χ1) is 14.9. The molecular formula is C20H16F6N4O2. The van der Waals surface area contributed by atoms with Gasteiger partial charge in [-0.15, -0.1) is 5.10 Å². The fourth-order valence-electron chi connectivity index (χ4n) is 3.02. The molecule has 0 saturated carbocycles. The predicted molar refractivity (Wildman–Crippen MR) is 102 cm³/mol. The van der Waals surface area contributed by atoms with Crippen LogP contribution < -0.4 is 11.0 Å². The van der Waals surface area contributed by atoms with Gasteiger partial charge >= 0.3 is 18.0 Å². The highest BCUT2D eigenvalue weighted by Gasteiger charge is 2.35. The molecule has 1 aromatic heterocycles. The number of hydrogen-bond acceptors (Lipinski definition) is 3. The fraction of sp³-hybridized carbons (Fsp3) is 0.250. The normalized spacial score (nSPS) is 12.1. The van der Waals surface area contributed by atoms with E-state index in [0.717, 1.165) is 39.6 Å². The minimum absolute atomic E-state index is 0.0326. The lowest BCUT2D eigenvalue weighted by Crippen LogP contribution is -2.32. The van der Waals surface area contributed by atoms with Crippen LogP contribution in [0.2, 0.25) is 0 Å². The van der Waals surface area contributed by atoms with Crippen LogP contribution in [0.1, 0.15) is 21.5 Å². The van der Waals surface area contributed by atoms with E-state index in [0.29, 0.717) is 0 Å². The van der Waals surface area contributed by atoms with Crippen LogP contribution in [0, 0.1) is 0 Å². The Labute approximate surface area is 177 Å². The molecule has 3 aromatic rings. The Kier molecular flexibility index (Phi) is 6.15. The van der Waals surface area contributed by atoms with E-state index in [-0.39, 0.29) is 24.5 Å². The maximum Gasteiger partial charge on any atom is 0.417 e. The molecule has 0 fully saturated rings. The van der Waals surface area contributed by atoms with E-state index in [4.69, 9.17) is 0 Å². The zero-order chi connectivity index (χ0) is 23.7. The molecule has 1 amide bonds. The molecule has 0 bridgehead atoms. The van der Waals surface area contributed by atoms with E-state index in [1.807, 2.05) is 0 Å². The van der Waals surface area contributed by atoms with Crippen molar-refractivity contribution in [3.05, 3.63) is 75.7 Å². The van der Waals surface area contributed by atoms with Crippen LogP contribution in [0.4, 0.5) is 26.3 Å². The number of amides is 1.